The summed E-state index contributed by atoms with van der Waals surface area (Å²) < 4.78 is 5.41. The van der Waals surface area contributed by atoms with Crippen LogP contribution in [0.4, 0.5) is 17.2 Å². The van der Waals surface area contributed by atoms with Gasteiger partial charge in [0, 0.05) is 12.1 Å². The van der Waals surface area contributed by atoms with Crippen molar-refractivity contribution in [3.63, 3.8) is 0 Å². The topological polar surface area (TPSA) is 106 Å². The SMILES string of the molecule is CC(C)Oc1cc(Nc2cc([N+](=O)[O-])cnc2Cl)n[nH]1. The van der Waals surface area contributed by atoms with Crippen molar-refractivity contribution in [2.75, 3.05) is 5.32 Å². The standard InChI is InChI=1S/C11H12ClN5O3/c1-6(2)20-10-4-9(15-16-10)14-8-3-7(17(18)19)5-13-11(8)12/h3-6H,1-2H3,(H2,14,15,16). The summed E-state index contributed by atoms with van der Waals surface area (Å²) in [5.74, 6) is 0.905. The molecule has 0 amide bonds. The highest BCUT2D eigenvalue weighted by Crippen LogP contribution is 2.27. The molecule has 2 rings (SSSR count). The summed E-state index contributed by atoms with van der Waals surface area (Å²) in [6.07, 6.45) is 1.09. The molecule has 8 nitrogen and oxygen atoms in total. The van der Waals surface area contributed by atoms with Crippen LogP contribution in [0.25, 0.3) is 0 Å². The summed E-state index contributed by atoms with van der Waals surface area (Å²) in [6, 6.07) is 2.90. The first-order valence-corrected chi connectivity index (χ1v) is 6.12. The third-order valence-electron chi connectivity index (χ3n) is 2.22. The molecule has 2 aromatic heterocycles. The minimum atomic E-state index is -0.549. The molecule has 9 heteroatoms. The van der Waals surface area contributed by atoms with Crippen LogP contribution in [0.15, 0.2) is 18.3 Å². The number of hydrogen-bond donors (Lipinski definition) is 2. The lowest BCUT2D eigenvalue weighted by Gasteiger charge is -2.05. The number of hydrogen-bond acceptors (Lipinski definition) is 6. The van der Waals surface area contributed by atoms with Gasteiger partial charge in [-0.1, -0.05) is 11.6 Å². The highest BCUT2D eigenvalue weighted by molar-refractivity contribution is 6.32. The quantitative estimate of drug-likeness (QED) is 0.499. The Labute approximate surface area is 119 Å². The summed E-state index contributed by atoms with van der Waals surface area (Å²) in [5.41, 5.74) is 0.134. The van der Waals surface area contributed by atoms with Crippen molar-refractivity contribution >= 4 is 28.8 Å². The summed E-state index contributed by atoms with van der Waals surface area (Å²) in [4.78, 5) is 13.9. The van der Waals surface area contributed by atoms with Gasteiger partial charge in [0.2, 0.25) is 5.88 Å². The first kappa shape index (κ1) is 14.1. The lowest BCUT2D eigenvalue weighted by molar-refractivity contribution is -0.385. The molecule has 0 aliphatic rings. The van der Waals surface area contributed by atoms with Crippen LogP contribution in [0.2, 0.25) is 5.15 Å². The molecule has 20 heavy (non-hydrogen) atoms. The Kier molecular flexibility index (Phi) is 4.04. The lowest BCUT2D eigenvalue weighted by Crippen LogP contribution is -2.05. The lowest BCUT2D eigenvalue weighted by atomic mass is 10.3. The van der Waals surface area contributed by atoms with Crippen LogP contribution < -0.4 is 10.1 Å². The second kappa shape index (κ2) is 5.74. The van der Waals surface area contributed by atoms with Crippen molar-refractivity contribution in [3.05, 3.63) is 33.6 Å². The van der Waals surface area contributed by atoms with E-state index >= 15 is 0 Å². The fraction of sp³-hybridized carbons (Fsp3) is 0.273. The van der Waals surface area contributed by atoms with Crippen LogP contribution in [0, 0.1) is 10.1 Å². The van der Waals surface area contributed by atoms with E-state index in [0.717, 1.165) is 6.20 Å². The van der Waals surface area contributed by atoms with Crippen LogP contribution >= 0.6 is 11.6 Å². The second-order valence-electron chi connectivity index (χ2n) is 4.20. The van der Waals surface area contributed by atoms with Crippen LogP contribution in [-0.4, -0.2) is 26.2 Å². The molecule has 2 N–H and O–H groups in total. The molecule has 0 aliphatic carbocycles. The molecule has 106 valence electrons. The first-order valence-electron chi connectivity index (χ1n) is 5.74. The van der Waals surface area contributed by atoms with Gasteiger partial charge in [-0.2, -0.15) is 5.10 Å². The summed E-state index contributed by atoms with van der Waals surface area (Å²) >= 11 is 5.88. The van der Waals surface area contributed by atoms with E-state index in [1.165, 1.54) is 6.07 Å². The zero-order valence-corrected chi connectivity index (χ0v) is 11.5. The van der Waals surface area contributed by atoms with E-state index in [0.29, 0.717) is 17.4 Å². The number of nitrogens with one attached hydrogen (secondary N) is 2. The van der Waals surface area contributed by atoms with Crippen LogP contribution in [0.1, 0.15) is 13.8 Å². The van der Waals surface area contributed by atoms with Crippen molar-refractivity contribution < 1.29 is 9.66 Å². The summed E-state index contributed by atoms with van der Waals surface area (Å²) in [5, 5.41) is 20.3. The molecule has 0 saturated carbocycles. The van der Waals surface area contributed by atoms with Gasteiger partial charge in [-0.15, -0.1) is 0 Å². The minimum Gasteiger partial charge on any atom is -0.475 e. The molecule has 2 aromatic rings. The van der Waals surface area contributed by atoms with Crippen molar-refractivity contribution in [1.82, 2.24) is 15.2 Å². The predicted molar refractivity (Wildman–Crippen MR) is 73.5 cm³/mol. The number of nitrogens with zero attached hydrogens (tertiary/aromatic N) is 3. The maximum Gasteiger partial charge on any atom is 0.289 e. The molecule has 0 aliphatic heterocycles. The molecular formula is C11H12ClN5O3. The Morgan fingerprint density at radius 1 is 1.50 bits per heavy atom. The number of pyridine rings is 1. The van der Waals surface area contributed by atoms with Crippen molar-refractivity contribution in [2.45, 2.75) is 20.0 Å². The molecule has 0 spiro atoms. The molecule has 0 fully saturated rings. The number of ether oxygens (including phenoxy) is 1. The number of halogens is 1. The molecule has 0 atom stereocenters. The normalized spacial score (nSPS) is 10.6. The zero-order valence-electron chi connectivity index (χ0n) is 10.8. The van der Waals surface area contributed by atoms with Gasteiger partial charge in [0.05, 0.1) is 16.7 Å². The Morgan fingerprint density at radius 3 is 2.90 bits per heavy atom. The van der Waals surface area contributed by atoms with Crippen LogP contribution in [0.5, 0.6) is 5.88 Å². The van der Waals surface area contributed by atoms with Gasteiger partial charge in [0.25, 0.3) is 5.69 Å². The van der Waals surface area contributed by atoms with E-state index < -0.39 is 4.92 Å². The van der Waals surface area contributed by atoms with E-state index in [1.807, 2.05) is 13.8 Å². The molecule has 0 unspecified atom stereocenters. The Hall–Kier alpha value is -2.35. The largest absolute Gasteiger partial charge is 0.475 e. The number of nitro groups is 1. The summed E-state index contributed by atoms with van der Waals surface area (Å²) in [6.45, 7) is 3.77. The monoisotopic (exact) mass is 297 g/mol. The van der Waals surface area contributed by atoms with E-state index in [1.54, 1.807) is 6.07 Å². The molecule has 0 saturated heterocycles. The van der Waals surface area contributed by atoms with Gasteiger partial charge in [0.15, 0.2) is 11.0 Å². The van der Waals surface area contributed by atoms with Gasteiger partial charge >= 0.3 is 0 Å². The Bertz CT molecular complexity index is 628. The third kappa shape index (κ3) is 3.35. The second-order valence-corrected chi connectivity index (χ2v) is 4.56. The Balaban J connectivity index is 2.19. The van der Waals surface area contributed by atoms with Crippen molar-refractivity contribution in [2.24, 2.45) is 0 Å². The van der Waals surface area contributed by atoms with E-state index in [9.17, 15) is 10.1 Å². The maximum absolute atomic E-state index is 10.7. The van der Waals surface area contributed by atoms with Crippen molar-refractivity contribution in [1.29, 1.82) is 0 Å². The fourth-order valence-electron chi connectivity index (χ4n) is 1.44. The molecular weight excluding hydrogens is 286 g/mol. The predicted octanol–water partition coefficient (Wildman–Crippen LogP) is 2.90. The molecule has 0 bridgehead atoms. The van der Waals surface area contributed by atoms with Crippen LogP contribution in [0.3, 0.4) is 0 Å². The average molecular weight is 298 g/mol. The number of aromatic nitrogens is 3. The molecule has 0 radical (unpaired) electrons. The van der Waals surface area contributed by atoms with Gasteiger partial charge < -0.3 is 10.1 Å². The first-order chi connectivity index (χ1) is 9.45. The van der Waals surface area contributed by atoms with Crippen LogP contribution in [-0.2, 0) is 0 Å². The fourth-order valence-corrected chi connectivity index (χ4v) is 1.60. The zero-order chi connectivity index (χ0) is 14.7. The highest BCUT2D eigenvalue weighted by Gasteiger charge is 2.12. The minimum absolute atomic E-state index is 0.00590. The number of rotatable bonds is 5. The highest BCUT2D eigenvalue weighted by atomic mass is 35.5. The van der Waals surface area contributed by atoms with Gasteiger partial charge in [-0.25, -0.2) is 10.1 Å². The number of aromatic amines is 1. The number of anilines is 2. The van der Waals surface area contributed by atoms with Gasteiger partial charge in [-0.05, 0) is 13.8 Å². The van der Waals surface area contributed by atoms with Gasteiger partial charge in [-0.3, -0.25) is 10.1 Å². The van der Waals surface area contributed by atoms with Crippen molar-refractivity contribution in [3.8, 4) is 5.88 Å². The average Bonchev–Trinajstić information content (AvgIpc) is 2.78. The summed E-state index contributed by atoms with van der Waals surface area (Å²) in [7, 11) is 0. The third-order valence-corrected chi connectivity index (χ3v) is 2.52. The maximum atomic E-state index is 10.7. The number of H-pyrrole nitrogens is 1. The smallest absolute Gasteiger partial charge is 0.289 e. The van der Waals surface area contributed by atoms with Gasteiger partial charge in [0.1, 0.15) is 6.20 Å². The molecule has 2 heterocycles. The van der Waals surface area contributed by atoms with E-state index in [2.05, 4.69) is 20.5 Å². The molecule has 0 aromatic carbocycles. The Morgan fingerprint density at radius 2 is 2.25 bits per heavy atom. The van der Waals surface area contributed by atoms with E-state index in [4.69, 9.17) is 16.3 Å². The van der Waals surface area contributed by atoms with E-state index in [-0.39, 0.29) is 16.9 Å².